The predicted molar refractivity (Wildman–Crippen MR) is 100 cm³/mol. The number of hydrogen-bond donors (Lipinski definition) is 0. The molecule has 2 aromatic rings. The molecule has 0 bridgehead atoms. The van der Waals surface area contributed by atoms with Crippen molar-refractivity contribution >= 4 is 17.5 Å². The molecule has 2 aromatic carbocycles. The lowest BCUT2D eigenvalue weighted by Crippen LogP contribution is -2.49. The topological polar surface area (TPSA) is 32.8 Å². The number of benzene rings is 2. The van der Waals surface area contributed by atoms with E-state index in [2.05, 4.69) is 17.0 Å². The first-order chi connectivity index (χ1) is 12.6. The molecule has 1 aliphatic heterocycles. The number of amides is 1. The smallest absolute Gasteiger partial charge is 0.258 e. The van der Waals surface area contributed by atoms with Gasteiger partial charge in [-0.05, 0) is 36.2 Å². The molecular formula is C20H22ClFN2O2. The number of piperazine rings is 1. The van der Waals surface area contributed by atoms with E-state index in [1.54, 1.807) is 18.1 Å². The molecule has 0 saturated carbocycles. The first kappa shape index (κ1) is 18.7. The Balaban J connectivity index is 1.51. The Hall–Kier alpha value is -2.11. The Morgan fingerprint density at radius 1 is 1.12 bits per heavy atom. The van der Waals surface area contributed by atoms with Gasteiger partial charge in [0.2, 0.25) is 0 Å². The maximum Gasteiger partial charge on any atom is 0.258 e. The largest absolute Gasteiger partial charge is 0.497 e. The number of rotatable bonds is 5. The monoisotopic (exact) mass is 376 g/mol. The van der Waals surface area contributed by atoms with E-state index in [1.165, 1.54) is 17.7 Å². The Morgan fingerprint density at radius 2 is 1.81 bits per heavy atom. The van der Waals surface area contributed by atoms with Crippen molar-refractivity contribution in [2.24, 2.45) is 0 Å². The van der Waals surface area contributed by atoms with E-state index >= 15 is 0 Å². The average molecular weight is 377 g/mol. The van der Waals surface area contributed by atoms with E-state index in [4.69, 9.17) is 16.3 Å². The third kappa shape index (κ3) is 4.34. The number of ether oxygens (including phenoxy) is 1. The van der Waals surface area contributed by atoms with Gasteiger partial charge in [0.25, 0.3) is 5.91 Å². The molecule has 0 spiro atoms. The summed E-state index contributed by atoms with van der Waals surface area (Å²) in [5.41, 5.74) is 1.23. The van der Waals surface area contributed by atoms with Gasteiger partial charge in [0.1, 0.15) is 11.6 Å². The van der Waals surface area contributed by atoms with Gasteiger partial charge in [-0.3, -0.25) is 9.69 Å². The summed E-state index contributed by atoms with van der Waals surface area (Å²) in [6, 6.07) is 12.4. The van der Waals surface area contributed by atoms with Crippen LogP contribution in [0.4, 0.5) is 4.39 Å². The lowest BCUT2D eigenvalue weighted by molar-refractivity contribution is 0.0634. The van der Waals surface area contributed by atoms with Crippen LogP contribution in [-0.2, 0) is 6.42 Å². The van der Waals surface area contributed by atoms with Crippen LogP contribution in [0.25, 0.3) is 0 Å². The summed E-state index contributed by atoms with van der Waals surface area (Å²) in [6.45, 7) is 3.62. The van der Waals surface area contributed by atoms with Crippen LogP contribution >= 0.6 is 11.6 Å². The van der Waals surface area contributed by atoms with Crippen molar-refractivity contribution in [1.29, 1.82) is 0 Å². The van der Waals surface area contributed by atoms with Crippen LogP contribution in [0.1, 0.15) is 15.9 Å². The van der Waals surface area contributed by atoms with Crippen molar-refractivity contribution in [3.05, 3.63) is 64.4 Å². The second-order valence-corrected chi connectivity index (χ2v) is 6.74. The van der Waals surface area contributed by atoms with Crippen molar-refractivity contribution in [2.75, 3.05) is 39.8 Å². The number of carbonyl (C=O) groups is 1. The zero-order chi connectivity index (χ0) is 18.5. The molecule has 0 aliphatic carbocycles. The molecule has 0 unspecified atom stereocenters. The third-order valence-electron chi connectivity index (χ3n) is 4.71. The van der Waals surface area contributed by atoms with Crippen LogP contribution in [0.15, 0.2) is 42.5 Å². The molecule has 1 amide bonds. The fourth-order valence-electron chi connectivity index (χ4n) is 3.11. The van der Waals surface area contributed by atoms with Gasteiger partial charge in [0.05, 0.1) is 17.7 Å². The molecule has 0 radical (unpaired) electrons. The Kier molecular flexibility index (Phi) is 6.12. The summed E-state index contributed by atoms with van der Waals surface area (Å²) in [4.78, 5) is 16.6. The van der Waals surface area contributed by atoms with Crippen molar-refractivity contribution in [1.82, 2.24) is 9.80 Å². The molecule has 3 rings (SSSR count). The van der Waals surface area contributed by atoms with Gasteiger partial charge >= 0.3 is 0 Å². The van der Waals surface area contributed by atoms with Crippen molar-refractivity contribution in [3.63, 3.8) is 0 Å². The molecule has 0 atom stereocenters. The SMILES string of the molecule is COc1ccc(CCN2CCN(C(=O)c3c(F)cccc3Cl)CC2)cc1. The molecule has 1 saturated heterocycles. The van der Waals surface area contributed by atoms with Crippen LogP contribution in [0.2, 0.25) is 5.02 Å². The maximum absolute atomic E-state index is 13.9. The minimum Gasteiger partial charge on any atom is -0.497 e. The molecule has 1 aliphatic rings. The highest BCUT2D eigenvalue weighted by atomic mass is 35.5. The van der Waals surface area contributed by atoms with E-state index in [9.17, 15) is 9.18 Å². The van der Waals surface area contributed by atoms with E-state index in [0.717, 1.165) is 31.8 Å². The molecule has 0 aromatic heterocycles. The zero-order valence-corrected chi connectivity index (χ0v) is 15.5. The fraction of sp³-hybridized carbons (Fsp3) is 0.350. The standard InChI is InChI=1S/C20H22ClFN2O2/c1-26-16-7-5-15(6-8-16)9-10-23-11-13-24(14-12-23)20(25)19-17(21)3-2-4-18(19)22/h2-8H,9-14H2,1H3. The molecule has 1 fully saturated rings. The highest BCUT2D eigenvalue weighted by Crippen LogP contribution is 2.21. The highest BCUT2D eigenvalue weighted by molar-refractivity contribution is 6.33. The quantitative estimate of drug-likeness (QED) is 0.800. The minimum absolute atomic E-state index is 0.0270. The summed E-state index contributed by atoms with van der Waals surface area (Å²) in [5.74, 6) is -0.0416. The minimum atomic E-state index is -0.565. The normalized spacial score (nSPS) is 15.1. The second kappa shape index (κ2) is 8.52. The third-order valence-corrected chi connectivity index (χ3v) is 5.03. The Bertz CT molecular complexity index is 739. The van der Waals surface area contributed by atoms with Crippen molar-refractivity contribution in [2.45, 2.75) is 6.42 Å². The first-order valence-electron chi connectivity index (χ1n) is 8.67. The summed E-state index contributed by atoms with van der Waals surface area (Å²) >= 11 is 6.00. The van der Waals surface area contributed by atoms with E-state index < -0.39 is 5.82 Å². The zero-order valence-electron chi connectivity index (χ0n) is 14.8. The van der Waals surface area contributed by atoms with Gasteiger partial charge in [0.15, 0.2) is 0 Å². The lowest BCUT2D eigenvalue weighted by atomic mass is 10.1. The number of halogens is 2. The number of hydrogen-bond acceptors (Lipinski definition) is 3. The van der Waals surface area contributed by atoms with Crippen LogP contribution in [0.5, 0.6) is 5.75 Å². The molecule has 0 N–H and O–H groups in total. The van der Waals surface area contributed by atoms with Gasteiger partial charge in [-0.1, -0.05) is 29.8 Å². The Morgan fingerprint density at radius 3 is 2.42 bits per heavy atom. The van der Waals surface area contributed by atoms with Gasteiger partial charge in [-0.25, -0.2) is 4.39 Å². The molecule has 26 heavy (non-hydrogen) atoms. The molecule has 4 nitrogen and oxygen atoms in total. The fourth-order valence-corrected chi connectivity index (χ4v) is 3.36. The summed E-state index contributed by atoms with van der Waals surface area (Å²) in [6.07, 6.45) is 0.942. The molecule has 6 heteroatoms. The molecular weight excluding hydrogens is 355 g/mol. The summed E-state index contributed by atoms with van der Waals surface area (Å²) < 4.78 is 19.1. The van der Waals surface area contributed by atoms with Gasteiger partial charge in [-0.2, -0.15) is 0 Å². The van der Waals surface area contributed by atoms with Crippen LogP contribution in [0, 0.1) is 5.82 Å². The van der Waals surface area contributed by atoms with E-state index in [-0.39, 0.29) is 16.5 Å². The van der Waals surface area contributed by atoms with Crippen LogP contribution in [-0.4, -0.2) is 55.5 Å². The molecule has 138 valence electrons. The Labute approximate surface area is 158 Å². The highest BCUT2D eigenvalue weighted by Gasteiger charge is 2.25. The van der Waals surface area contributed by atoms with E-state index in [1.807, 2.05) is 12.1 Å². The number of nitrogens with zero attached hydrogens (tertiary/aromatic N) is 2. The van der Waals surface area contributed by atoms with Gasteiger partial charge in [0, 0.05) is 32.7 Å². The van der Waals surface area contributed by atoms with E-state index in [0.29, 0.717) is 13.1 Å². The van der Waals surface area contributed by atoms with Gasteiger partial charge < -0.3 is 9.64 Å². The first-order valence-corrected chi connectivity index (χ1v) is 9.05. The lowest BCUT2D eigenvalue weighted by Gasteiger charge is -2.35. The average Bonchev–Trinajstić information content (AvgIpc) is 2.67. The summed E-state index contributed by atoms with van der Waals surface area (Å²) in [7, 11) is 1.66. The second-order valence-electron chi connectivity index (χ2n) is 6.33. The van der Waals surface area contributed by atoms with Crippen molar-refractivity contribution in [3.8, 4) is 5.75 Å². The van der Waals surface area contributed by atoms with Crippen molar-refractivity contribution < 1.29 is 13.9 Å². The summed E-state index contributed by atoms with van der Waals surface area (Å²) in [5, 5.41) is 0.164. The van der Waals surface area contributed by atoms with Crippen LogP contribution in [0.3, 0.4) is 0 Å². The maximum atomic E-state index is 13.9. The van der Waals surface area contributed by atoms with Gasteiger partial charge in [-0.15, -0.1) is 0 Å². The predicted octanol–water partition coefficient (Wildman–Crippen LogP) is 3.49. The number of methoxy groups -OCH3 is 1. The number of carbonyl (C=O) groups excluding carboxylic acids is 1. The van der Waals surface area contributed by atoms with Crippen LogP contribution < -0.4 is 4.74 Å². The molecule has 1 heterocycles.